The Bertz CT molecular complexity index is 442. The molecule has 0 amide bonds. The predicted octanol–water partition coefficient (Wildman–Crippen LogP) is 4.23. The molecule has 0 aliphatic carbocycles. The molecule has 0 spiro atoms. The van der Waals surface area contributed by atoms with E-state index in [4.69, 9.17) is 0 Å². The van der Waals surface area contributed by atoms with Gasteiger partial charge in [-0.25, -0.2) is 0 Å². The fourth-order valence-corrected chi connectivity index (χ4v) is 2.01. The molecule has 2 aromatic rings. The van der Waals surface area contributed by atoms with Crippen LogP contribution in [0, 0.1) is 5.38 Å². The number of rotatable bonds is 1. The van der Waals surface area contributed by atoms with Gasteiger partial charge in [-0.1, -0.05) is 30.3 Å². The van der Waals surface area contributed by atoms with Gasteiger partial charge in [0.2, 0.25) is 0 Å². The van der Waals surface area contributed by atoms with Crippen LogP contribution in [-0.2, 0) is 6.18 Å². The van der Waals surface area contributed by atoms with Gasteiger partial charge >= 0.3 is 6.18 Å². The van der Waals surface area contributed by atoms with Crippen LogP contribution in [0.5, 0.6) is 0 Å². The summed E-state index contributed by atoms with van der Waals surface area (Å²) in [6.07, 6.45) is -4.30. The number of alkyl halides is 3. The molecule has 0 unspecified atom stereocenters. The zero-order valence-electron chi connectivity index (χ0n) is 7.51. The van der Waals surface area contributed by atoms with Gasteiger partial charge in [0.1, 0.15) is 4.88 Å². The second kappa shape index (κ2) is 3.70. The van der Waals surface area contributed by atoms with Crippen molar-refractivity contribution in [2.45, 2.75) is 6.18 Å². The number of hydrogen-bond acceptors (Lipinski definition) is 1. The highest BCUT2D eigenvalue weighted by atomic mass is 32.1. The van der Waals surface area contributed by atoms with Gasteiger partial charge in [0, 0.05) is 10.9 Å². The third kappa shape index (κ3) is 2.04. The molecule has 0 N–H and O–H groups in total. The van der Waals surface area contributed by atoms with Gasteiger partial charge in [-0.2, -0.15) is 13.2 Å². The number of halogens is 3. The summed E-state index contributed by atoms with van der Waals surface area (Å²) in [5.41, 5.74) is 0.774. The van der Waals surface area contributed by atoms with Crippen LogP contribution in [0.15, 0.2) is 36.4 Å². The van der Waals surface area contributed by atoms with Crippen molar-refractivity contribution in [2.24, 2.45) is 0 Å². The Morgan fingerprint density at radius 1 is 1.07 bits per heavy atom. The van der Waals surface area contributed by atoms with E-state index < -0.39 is 11.1 Å². The lowest BCUT2D eigenvalue weighted by atomic mass is 10.1. The van der Waals surface area contributed by atoms with Crippen LogP contribution in [0.3, 0.4) is 0 Å². The van der Waals surface area contributed by atoms with E-state index in [1.165, 1.54) is 6.07 Å². The van der Waals surface area contributed by atoms with E-state index in [-0.39, 0.29) is 5.56 Å². The molecule has 4 heteroatoms. The molecule has 0 bridgehead atoms. The first kappa shape index (κ1) is 10.2. The predicted molar refractivity (Wildman–Crippen MR) is 53.6 cm³/mol. The van der Waals surface area contributed by atoms with E-state index in [1.54, 1.807) is 30.3 Å². The standard InChI is InChI=1S/C11H6F3S/c12-11(13,14)10-9(6-7-15-10)8-4-2-1-3-5-8/h1-6H. The second-order valence-corrected chi connectivity index (χ2v) is 3.82. The van der Waals surface area contributed by atoms with Crippen LogP contribution in [0.2, 0.25) is 0 Å². The van der Waals surface area contributed by atoms with Crippen LogP contribution >= 0.6 is 11.3 Å². The maximum atomic E-state index is 12.6. The minimum absolute atomic E-state index is 0.202. The summed E-state index contributed by atoms with van der Waals surface area (Å²) in [7, 11) is 0. The highest BCUT2D eigenvalue weighted by molar-refractivity contribution is 7.10. The first-order valence-corrected chi connectivity index (χ1v) is 5.03. The van der Waals surface area contributed by atoms with Gasteiger partial charge in [0.15, 0.2) is 0 Å². The summed E-state index contributed by atoms with van der Waals surface area (Å²) in [5.74, 6) is 0. The Hall–Kier alpha value is -1.29. The first-order chi connectivity index (χ1) is 7.09. The van der Waals surface area contributed by atoms with Crippen molar-refractivity contribution in [2.75, 3.05) is 0 Å². The van der Waals surface area contributed by atoms with Gasteiger partial charge in [-0.15, -0.1) is 11.3 Å². The van der Waals surface area contributed by atoms with E-state index in [9.17, 15) is 13.2 Å². The number of hydrogen-bond donors (Lipinski definition) is 0. The van der Waals surface area contributed by atoms with E-state index in [0.717, 1.165) is 0 Å². The van der Waals surface area contributed by atoms with Crippen LogP contribution in [0.1, 0.15) is 4.88 Å². The maximum Gasteiger partial charge on any atom is 0.426 e. The van der Waals surface area contributed by atoms with Gasteiger partial charge in [0.05, 0.1) is 0 Å². The molecular weight excluding hydrogens is 221 g/mol. The normalized spacial score (nSPS) is 11.7. The molecule has 2 rings (SSSR count). The van der Waals surface area contributed by atoms with Gasteiger partial charge in [-0.05, 0) is 11.6 Å². The highest BCUT2D eigenvalue weighted by Gasteiger charge is 2.35. The SMILES string of the molecule is FC(F)(F)c1s[c]cc1-c1ccccc1. The Labute approximate surface area is 89.0 Å². The zero-order chi connectivity index (χ0) is 10.9. The minimum Gasteiger partial charge on any atom is -0.165 e. The molecule has 0 saturated carbocycles. The average molecular weight is 227 g/mol. The Morgan fingerprint density at radius 3 is 2.33 bits per heavy atom. The van der Waals surface area contributed by atoms with E-state index in [1.807, 2.05) is 0 Å². The molecule has 0 saturated heterocycles. The summed E-state index contributed by atoms with van der Waals surface area (Å²) in [5, 5.41) is 2.53. The Kier molecular flexibility index (Phi) is 2.52. The third-order valence-corrected chi connectivity index (χ3v) is 2.84. The Morgan fingerprint density at radius 2 is 1.73 bits per heavy atom. The summed E-state index contributed by atoms with van der Waals surface area (Å²) >= 11 is 0.601. The van der Waals surface area contributed by atoms with Crippen molar-refractivity contribution in [3.8, 4) is 11.1 Å². The minimum atomic E-state index is -4.30. The first-order valence-electron chi connectivity index (χ1n) is 4.21. The van der Waals surface area contributed by atoms with Crippen molar-refractivity contribution in [3.63, 3.8) is 0 Å². The molecule has 1 aromatic carbocycles. The van der Waals surface area contributed by atoms with Crippen LogP contribution < -0.4 is 0 Å². The summed E-state index contributed by atoms with van der Waals surface area (Å²) in [4.78, 5) is -0.589. The molecule has 1 aromatic heterocycles. The van der Waals surface area contributed by atoms with Crippen molar-refractivity contribution >= 4 is 11.3 Å². The second-order valence-electron chi connectivity index (χ2n) is 2.97. The van der Waals surface area contributed by atoms with Gasteiger partial charge in [-0.3, -0.25) is 0 Å². The number of thiophene rings is 1. The average Bonchev–Trinajstić information content (AvgIpc) is 2.67. The molecule has 1 heterocycles. The topological polar surface area (TPSA) is 0 Å². The van der Waals surface area contributed by atoms with E-state index in [0.29, 0.717) is 16.9 Å². The van der Waals surface area contributed by atoms with Crippen molar-refractivity contribution < 1.29 is 13.2 Å². The van der Waals surface area contributed by atoms with Gasteiger partial charge in [0.25, 0.3) is 0 Å². The van der Waals surface area contributed by atoms with Crippen LogP contribution in [0.4, 0.5) is 13.2 Å². The largest absolute Gasteiger partial charge is 0.426 e. The van der Waals surface area contributed by atoms with Crippen molar-refractivity contribution in [3.05, 3.63) is 46.7 Å². The number of benzene rings is 1. The molecule has 0 aliphatic rings. The lowest BCUT2D eigenvalue weighted by Gasteiger charge is -2.07. The molecule has 0 aliphatic heterocycles. The molecule has 1 radical (unpaired) electrons. The van der Waals surface area contributed by atoms with E-state index >= 15 is 0 Å². The van der Waals surface area contributed by atoms with Crippen molar-refractivity contribution in [1.82, 2.24) is 0 Å². The molecule has 15 heavy (non-hydrogen) atoms. The smallest absolute Gasteiger partial charge is 0.165 e. The molecular formula is C11H6F3S. The van der Waals surface area contributed by atoms with Gasteiger partial charge < -0.3 is 0 Å². The van der Waals surface area contributed by atoms with Crippen LogP contribution in [0.25, 0.3) is 11.1 Å². The monoisotopic (exact) mass is 227 g/mol. The maximum absolute atomic E-state index is 12.6. The molecule has 0 fully saturated rings. The summed E-state index contributed by atoms with van der Waals surface area (Å²) in [6, 6.07) is 9.90. The molecule has 0 atom stereocenters. The third-order valence-electron chi connectivity index (χ3n) is 1.95. The molecule has 77 valence electrons. The van der Waals surface area contributed by atoms with Crippen molar-refractivity contribution in [1.29, 1.82) is 0 Å². The zero-order valence-corrected chi connectivity index (χ0v) is 8.32. The fourth-order valence-electron chi connectivity index (χ4n) is 1.31. The molecule has 0 nitrogen and oxygen atoms in total. The summed E-state index contributed by atoms with van der Waals surface area (Å²) < 4.78 is 37.7. The van der Waals surface area contributed by atoms with Crippen LogP contribution in [-0.4, -0.2) is 0 Å². The lowest BCUT2D eigenvalue weighted by molar-refractivity contribution is -0.133. The quantitative estimate of drug-likeness (QED) is 0.683. The Balaban J connectivity index is 2.51. The lowest BCUT2D eigenvalue weighted by Crippen LogP contribution is -2.03. The fraction of sp³-hybridized carbons (Fsp3) is 0.0909. The van der Waals surface area contributed by atoms with E-state index in [2.05, 4.69) is 5.38 Å². The highest BCUT2D eigenvalue weighted by Crippen LogP contribution is 2.40. The summed E-state index contributed by atoms with van der Waals surface area (Å²) in [6.45, 7) is 0.